The normalized spacial score (nSPS) is 16.8. The van der Waals surface area contributed by atoms with Gasteiger partial charge in [0.05, 0.1) is 13.2 Å². The Hall–Kier alpha value is -2.33. The molecule has 3 rings (SSSR count). The monoisotopic (exact) mass is 352 g/mol. The van der Waals surface area contributed by atoms with Gasteiger partial charge in [0.15, 0.2) is 0 Å². The zero-order valence-electron chi connectivity index (χ0n) is 15.7. The second-order valence-corrected chi connectivity index (χ2v) is 7.04. The van der Waals surface area contributed by atoms with Crippen LogP contribution in [0.3, 0.4) is 0 Å². The minimum atomic E-state index is 0.0565. The van der Waals surface area contributed by atoms with E-state index in [0.29, 0.717) is 0 Å². The summed E-state index contributed by atoms with van der Waals surface area (Å²) in [6, 6.07) is 18.4. The van der Waals surface area contributed by atoms with Crippen LogP contribution in [0.25, 0.3) is 0 Å². The number of benzene rings is 2. The van der Waals surface area contributed by atoms with Crippen LogP contribution < -0.4 is 10.1 Å². The van der Waals surface area contributed by atoms with Crippen LogP contribution in [0.4, 0.5) is 0 Å². The van der Waals surface area contributed by atoms with Crippen molar-refractivity contribution in [2.75, 3.05) is 20.2 Å². The van der Waals surface area contributed by atoms with Crippen LogP contribution in [-0.4, -0.2) is 31.0 Å². The van der Waals surface area contributed by atoms with Gasteiger partial charge in [0.25, 0.3) is 0 Å². The maximum atomic E-state index is 12.6. The number of piperidine rings is 1. The molecular formula is C22H28N2O2. The van der Waals surface area contributed by atoms with Crippen molar-refractivity contribution in [1.29, 1.82) is 0 Å². The molecule has 1 fully saturated rings. The molecule has 1 atom stereocenters. The van der Waals surface area contributed by atoms with Crippen LogP contribution in [0.5, 0.6) is 5.75 Å². The van der Waals surface area contributed by atoms with E-state index in [2.05, 4.69) is 34.5 Å². The lowest BCUT2D eigenvalue weighted by Gasteiger charge is -2.32. The number of hydrogen-bond donors (Lipinski definition) is 1. The molecule has 1 N–H and O–H groups in total. The van der Waals surface area contributed by atoms with Crippen LogP contribution in [0.1, 0.15) is 36.9 Å². The molecule has 1 aliphatic rings. The number of amides is 1. The highest BCUT2D eigenvalue weighted by molar-refractivity contribution is 5.79. The van der Waals surface area contributed by atoms with E-state index in [1.807, 2.05) is 37.3 Å². The maximum absolute atomic E-state index is 12.6. The lowest BCUT2D eigenvalue weighted by molar-refractivity contribution is -0.127. The zero-order valence-corrected chi connectivity index (χ0v) is 15.7. The van der Waals surface area contributed by atoms with E-state index in [1.54, 1.807) is 7.11 Å². The fraction of sp³-hybridized carbons (Fsp3) is 0.409. The molecule has 4 heteroatoms. The van der Waals surface area contributed by atoms with Gasteiger partial charge in [-0.15, -0.1) is 0 Å². The summed E-state index contributed by atoms with van der Waals surface area (Å²) in [7, 11) is 1.68. The Kier molecular flexibility index (Phi) is 6.29. The number of likely N-dealkylation sites (tertiary alicyclic amines) is 1. The number of nitrogens with one attached hydrogen (secondary N) is 1. The molecule has 1 saturated heterocycles. The van der Waals surface area contributed by atoms with Gasteiger partial charge in [0.1, 0.15) is 5.75 Å². The SMILES string of the molecule is COc1ccc(CN2CCC(C(=O)NC(C)c3ccccc3)CC2)cc1. The van der Waals surface area contributed by atoms with Crippen molar-refractivity contribution in [2.24, 2.45) is 5.92 Å². The quantitative estimate of drug-likeness (QED) is 0.860. The smallest absolute Gasteiger partial charge is 0.223 e. The van der Waals surface area contributed by atoms with Crippen molar-refractivity contribution in [2.45, 2.75) is 32.4 Å². The highest BCUT2D eigenvalue weighted by atomic mass is 16.5. The van der Waals surface area contributed by atoms with Gasteiger partial charge >= 0.3 is 0 Å². The number of methoxy groups -OCH3 is 1. The van der Waals surface area contributed by atoms with Crippen molar-refractivity contribution in [3.63, 3.8) is 0 Å². The first-order valence-electron chi connectivity index (χ1n) is 9.36. The molecule has 0 saturated carbocycles. The van der Waals surface area contributed by atoms with Gasteiger partial charge in [-0.1, -0.05) is 42.5 Å². The van der Waals surface area contributed by atoms with Crippen molar-refractivity contribution >= 4 is 5.91 Å². The number of nitrogens with zero attached hydrogens (tertiary/aromatic N) is 1. The summed E-state index contributed by atoms with van der Waals surface area (Å²) in [4.78, 5) is 15.0. The van der Waals surface area contributed by atoms with Crippen molar-refractivity contribution in [3.8, 4) is 5.75 Å². The molecular weight excluding hydrogens is 324 g/mol. The second kappa shape index (κ2) is 8.86. The van der Waals surface area contributed by atoms with Gasteiger partial charge < -0.3 is 10.1 Å². The molecule has 1 aliphatic heterocycles. The lowest BCUT2D eigenvalue weighted by atomic mass is 9.95. The molecule has 2 aromatic carbocycles. The van der Waals surface area contributed by atoms with Crippen LogP contribution in [0, 0.1) is 5.92 Å². The number of carbonyl (C=O) groups excluding carboxylic acids is 1. The molecule has 26 heavy (non-hydrogen) atoms. The number of carbonyl (C=O) groups is 1. The first kappa shape index (κ1) is 18.5. The van der Waals surface area contributed by atoms with E-state index in [4.69, 9.17) is 4.74 Å². The first-order valence-corrected chi connectivity index (χ1v) is 9.36. The summed E-state index contributed by atoms with van der Waals surface area (Å²) >= 11 is 0. The fourth-order valence-corrected chi connectivity index (χ4v) is 3.50. The second-order valence-electron chi connectivity index (χ2n) is 7.04. The predicted molar refractivity (Wildman–Crippen MR) is 104 cm³/mol. The molecule has 138 valence electrons. The van der Waals surface area contributed by atoms with E-state index >= 15 is 0 Å². The highest BCUT2D eigenvalue weighted by Gasteiger charge is 2.25. The third-order valence-corrected chi connectivity index (χ3v) is 5.18. The van der Waals surface area contributed by atoms with Gasteiger partial charge in [-0.2, -0.15) is 0 Å². The van der Waals surface area contributed by atoms with Gasteiger partial charge in [0.2, 0.25) is 5.91 Å². The first-order chi connectivity index (χ1) is 12.7. The topological polar surface area (TPSA) is 41.6 Å². The van der Waals surface area contributed by atoms with Crippen molar-refractivity contribution in [1.82, 2.24) is 10.2 Å². The number of rotatable bonds is 6. The van der Waals surface area contributed by atoms with Crippen LogP contribution in [0.15, 0.2) is 54.6 Å². The van der Waals surface area contributed by atoms with Crippen molar-refractivity contribution in [3.05, 3.63) is 65.7 Å². The molecule has 4 nitrogen and oxygen atoms in total. The van der Waals surface area contributed by atoms with Crippen LogP contribution in [0.2, 0.25) is 0 Å². The van der Waals surface area contributed by atoms with E-state index in [9.17, 15) is 4.79 Å². The summed E-state index contributed by atoms with van der Waals surface area (Å²) in [5, 5.41) is 3.17. The molecule has 0 spiro atoms. The summed E-state index contributed by atoms with van der Waals surface area (Å²) in [6.45, 7) is 4.90. The number of ether oxygens (including phenoxy) is 1. The van der Waals surface area contributed by atoms with Gasteiger partial charge in [0, 0.05) is 12.5 Å². The van der Waals surface area contributed by atoms with Gasteiger partial charge in [-0.05, 0) is 56.1 Å². The van der Waals surface area contributed by atoms with Crippen LogP contribution in [-0.2, 0) is 11.3 Å². The zero-order chi connectivity index (χ0) is 18.4. The Labute approximate surface area is 156 Å². The summed E-state index contributed by atoms with van der Waals surface area (Å²) in [5.41, 5.74) is 2.43. The van der Waals surface area contributed by atoms with E-state index < -0.39 is 0 Å². The highest BCUT2D eigenvalue weighted by Crippen LogP contribution is 2.21. The Morgan fingerprint density at radius 3 is 2.38 bits per heavy atom. The molecule has 1 amide bonds. The Morgan fingerprint density at radius 2 is 1.77 bits per heavy atom. The molecule has 1 unspecified atom stereocenters. The summed E-state index contributed by atoms with van der Waals surface area (Å²) in [5.74, 6) is 1.19. The average Bonchev–Trinajstić information content (AvgIpc) is 2.69. The Balaban J connectivity index is 1.46. The standard InChI is InChI=1S/C22H28N2O2/c1-17(19-6-4-3-5-7-19)23-22(25)20-12-14-24(15-13-20)16-18-8-10-21(26-2)11-9-18/h3-11,17,20H,12-16H2,1-2H3,(H,23,25). The Bertz CT molecular complexity index is 692. The maximum Gasteiger partial charge on any atom is 0.223 e. The van der Waals surface area contributed by atoms with Gasteiger partial charge in [-0.25, -0.2) is 0 Å². The van der Waals surface area contributed by atoms with Crippen LogP contribution >= 0.6 is 0 Å². The van der Waals surface area contributed by atoms with Gasteiger partial charge in [-0.3, -0.25) is 9.69 Å². The third-order valence-electron chi connectivity index (χ3n) is 5.18. The molecule has 0 aliphatic carbocycles. The average molecular weight is 352 g/mol. The Morgan fingerprint density at radius 1 is 1.12 bits per heavy atom. The molecule has 0 aromatic heterocycles. The molecule has 2 aromatic rings. The predicted octanol–water partition coefficient (Wildman–Crippen LogP) is 3.78. The summed E-state index contributed by atoms with van der Waals surface area (Å²) in [6.07, 6.45) is 1.84. The lowest BCUT2D eigenvalue weighted by Crippen LogP contribution is -2.40. The van der Waals surface area contributed by atoms with E-state index in [1.165, 1.54) is 5.56 Å². The molecule has 0 radical (unpaired) electrons. The largest absolute Gasteiger partial charge is 0.497 e. The number of hydrogen-bond acceptors (Lipinski definition) is 3. The van der Waals surface area contributed by atoms with E-state index in [0.717, 1.165) is 43.8 Å². The van der Waals surface area contributed by atoms with Crippen molar-refractivity contribution < 1.29 is 9.53 Å². The third kappa shape index (κ3) is 4.85. The summed E-state index contributed by atoms with van der Waals surface area (Å²) < 4.78 is 5.21. The van der Waals surface area contributed by atoms with E-state index in [-0.39, 0.29) is 17.9 Å². The fourth-order valence-electron chi connectivity index (χ4n) is 3.50. The minimum absolute atomic E-state index is 0.0565. The molecule has 1 heterocycles. The molecule has 0 bridgehead atoms. The minimum Gasteiger partial charge on any atom is -0.497 e.